The Morgan fingerprint density at radius 3 is 2.77 bits per heavy atom. The normalized spacial score (nSPS) is 18.2. The standard InChI is InChI=1S/C8H14N4.ClH/c1-3-9-4-2-8(1)7-12-6-5-10-11-12;/h5-6,8-9H,1-4,7H2;1H. The number of nitrogens with zero attached hydrogens (tertiary/aromatic N) is 3. The monoisotopic (exact) mass is 202 g/mol. The van der Waals surface area contributed by atoms with E-state index in [-0.39, 0.29) is 12.4 Å². The van der Waals surface area contributed by atoms with Crippen molar-refractivity contribution in [1.82, 2.24) is 20.3 Å². The van der Waals surface area contributed by atoms with Crippen LogP contribution in [0.25, 0.3) is 0 Å². The van der Waals surface area contributed by atoms with Gasteiger partial charge in [0, 0.05) is 12.7 Å². The molecule has 0 aromatic carbocycles. The zero-order valence-corrected chi connectivity index (χ0v) is 8.33. The lowest BCUT2D eigenvalue weighted by Gasteiger charge is -2.21. The second-order valence-electron chi connectivity index (χ2n) is 3.32. The molecular formula is C8H15ClN4. The number of hydrogen-bond donors (Lipinski definition) is 1. The lowest BCUT2D eigenvalue weighted by Crippen LogP contribution is -2.30. The quantitative estimate of drug-likeness (QED) is 0.768. The smallest absolute Gasteiger partial charge is 0.0692 e. The fraction of sp³-hybridized carbons (Fsp3) is 0.750. The zero-order chi connectivity index (χ0) is 8.23. The van der Waals surface area contributed by atoms with Crippen LogP contribution in [0, 0.1) is 5.92 Å². The molecule has 0 bridgehead atoms. The highest BCUT2D eigenvalue weighted by atomic mass is 35.5. The molecule has 13 heavy (non-hydrogen) atoms. The Morgan fingerprint density at radius 1 is 1.38 bits per heavy atom. The van der Waals surface area contributed by atoms with E-state index in [1.54, 1.807) is 6.20 Å². The summed E-state index contributed by atoms with van der Waals surface area (Å²) >= 11 is 0. The van der Waals surface area contributed by atoms with Crippen LogP contribution < -0.4 is 5.32 Å². The van der Waals surface area contributed by atoms with Crippen molar-refractivity contribution in [2.45, 2.75) is 19.4 Å². The minimum atomic E-state index is 0. The predicted octanol–water partition coefficient (Wildman–Crippen LogP) is 0.699. The number of halogens is 1. The zero-order valence-electron chi connectivity index (χ0n) is 7.52. The van der Waals surface area contributed by atoms with Gasteiger partial charge in [0.2, 0.25) is 0 Å². The summed E-state index contributed by atoms with van der Waals surface area (Å²) in [6.45, 7) is 3.33. The maximum Gasteiger partial charge on any atom is 0.0692 e. The first-order valence-corrected chi connectivity index (χ1v) is 4.50. The summed E-state index contributed by atoms with van der Waals surface area (Å²) in [5.41, 5.74) is 0. The molecule has 2 heterocycles. The molecular weight excluding hydrogens is 188 g/mol. The molecule has 0 amide bonds. The third-order valence-electron chi connectivity index (χ3n) is 2.38. The predicted molar refractivity (Wildman–Crippen MR) is 52.9 cm³/mol. The third kappa shape index (κ3) is 2.97. The van der Waals surface area contributed by atoms with Crippen LogP contribution in [0.4, 0.5) is 0 Å². The van der Waals surface area contributed by atoms with Crippen molar-refractivity contribution in [3.63, 3.8) is 0 Å². The molecule has 1 aliphatic heterocycles. The molecule has 0 radical (unpaired) electrons. The van der Waals surface area contributed by atoms with Gasteiger partial charge in [0.25, 0.3) is 0 Å². The number of nitrogens with one attached hydrogen (secondary N) is 1. The van der Waals surface area contributed by atoms with E-state index in [4.69, 9.17) is 0 Å². The molecule has 74 valence electrons. The molecule has 0 aliphatic carbocycles. The SMILES string of the molecule is Cl.c1cn(CC2CCNCC2)nn1. The Kier molecular flexibility index (Phi) is 4.18. The molecule has 0 spiro atoms. The van der Waals surface area contributed by atoms with E-state index in [0.717, 1.165) is 25.6 Å². The van der Waals surface area contributed by atoms with E-state index < -0.39 is 0 Å². The van der Waals surface area contributed by atoms with Gasteiger partial charge >= 0.3 is 0 Å². The molecule has 1 aromatic rings. The molecule has 4 nitrogen and oxygen atoms in total. The molecule has 1 aromatic heterocycles. The van der Waals surface area contributed by atoms with Gasteiger partial charge in [-0.25, -0.2) is 0 Å². The molecule has 0 unspecified atom stereocenters. The average Bonchev–Trinajstić information content (AvgIpc) is 2.59. The van der Waals surface area contributed by atoms with Crippen molar-refractivity contribution in [3.05, 3.63) is 12.4 Å². The maximum atomic E-state index is 3.96. The number of rotatable bonds is 2. The molecule has 5 heteroatoms. The lowest BCUT2D eigenvalue weighted by atomic mass is 9.98. The van der Waals surface area contributed by atoms with E-state index in [2.05, 4.69) is 15.6 Å². The number of piperidine rings is 1. The largest absolute Gasteiger partial charge is 0.317 e. The van der Waals surface area contributed by atoms with Crippen LogP contribution in [-0.4, -0.2) is 28.1 Å². The molecule has 1 saturated heterocycles. The van der Waals surface area contributed by atoms with Gasteiger partial charge < -0.3 is 5.32 Å². The van der Waals surface area contributed by atoms with Crippen molar-refractivity contribution in [1.29, 1.82) is 0 Å². The summed E-state index contributed by atoms with van der Waals surface area (Å²) in [5.74, 6) is 0.785. The summed E-state index contributed by atoms with van der Waals surface area (Å²) in [6, 6.07) is 0. The molecule has 1 fully saturated rings. The van der Waals surface area contributed by atoms with Gasteiger partial charge in [0.15, 0.2) is 0 Å². The van der Waals surface area contributed by atoms with Crippen molar-refractivity contribution in [2.24, 2.45) is 5.92 Å². The van der Waals surface area contributed by atoms with Crippen molar-refractivity contribution < 1.29 is 0 Å². The van der Waals surface area contributed by atoms with Crippen LogP contribution in [-0.2, 0) is 6.54 Å². The van der Waals surface area contributed by atoms with E-state index in [1.165, 1.54) is 12.8 Å². The first-order chi connectivity index (χ1) is 5.95. The second-order valence-corrected chi connectivity index (χ2v) is 3.32. The topological polar surface area (TPSA) is 42.7 Å². The Bertz CT molecular complexity index is 218. The van der Waals surface area contributed by atoms with Crippen LogP contribution in [0.15, 0.2) is 12.4 Å². The lowest BCUT2D eigenvalue weighted by molar-refractivity contribution is 0.318. The van der Waals surface area contributed by atoms with Gasteiger partial charge in [-0.2, -0.15) is 0 Å². The summed E-state index contributed by atoms with van der Waals surface area (Å²) in [5, 5.41) is 11.1. The van der Waals surface area contributed by atoms with Gasteiger partial charge in [0.05, 0.1) is 6.20 Å². The molecule has 1 N–H and O–H groups in total. The van der Waals surface area contributed by atoms with Crippen LogP contribution in [0.5, 0.6) is 0 Å². The second kappa shape index (κ2) is 5.19. The van der Waals surface area contributed by atoms with E-state index in [9.17, 15) is 0 Å². The van der Waals surface area contributed by atoms with Crippen molar-refractivity contribution >= 4 is 12.4 Å². The summed E-state index contributed by atoms with van der Waals surface area (Å²) in [4.78, 5) is 0. The average molecular weight is 203 g/mol. The maximum absolute atomic E-state index is 3.96. The minimum Gasteiger partial charge on any atom is -0.317 e. The summed E-state index contributed by atoms with van der Waals surface area (Å²) < 4.78 is 1.93. The first kappa shape index (κ1) is 10.5. The Labute approximate surface area is 84.1 Å². The Hall–Kier alpha value is -0.610. The fourth-order valence-corrected chi connectivity index (χ4v) is 1.66. The van der Waals surface area contributed by atoms with Crippen molar-refractivity contribution in [2.75, 3.05) is 13.1 Å². The van der Waals surface area contributed by atoms with E-state index in [1.807, 2.05) is 10.9 Å². The van der Waals surface area contributed by atoms with Gasteiger partial charge in [0.1, 0.15) is 0 Å². The van der Waals surface area contributed by atoms with Crippen molar-refractivity contribution in [3.8, 4) is 0 Å². The van der Waals surface area contributed by atoms with Gasteiger partial charge in [-0.05, 0) is 31.8 Å². The first-order valence-electron chi connectivity index (χ1n) is 4.50. The Balaban J connectivity index is 0.000000845. The van der Waals surface area contributed by atoms with Gasteiger partial charge in [-0.15, -0.1) is 17.5 Å². The van der Waals surface area contributed by atoms with Crippen LogP contribution >= 0.6 is 12.4 Å². The third-order valence-corrected chi connectivity index (χ3v) is 2.38. The fourth-order valence-electron chi connectivity index (χ4n) is 1.66. The van der Waals surface area contributed by atoms with E-state index in [0.29, 0.717) is 0 Å². The highest BCUT2D eigenvalue weighted by Crippen LogP contribution is 2.12. The van der Waals surface area contributed by atoms with Crippen LogP contribution in [0.3, 0.4) is 0 Å². The summed E-state index contributed by atoms with van der Waals surface area (Å²) in [7, 11) is 0. The minimum absolute atomic E-state index is 0. The number of hydrogen-bond acceptors (Lipinski definition) is 3. The summed E-state index contributed by atoms with van der Waals surface area (Å²) in [6.07, 6.45) is 6.20. The molecule has 1 aliphatic rings. The van der Waals surface area contributed by atoms with Gasteiger partial charge in [-0.1, -0.05) is 5.21 Å². The van der Waals surface area contributed by atoms with Crippen LogP contribution in [0.1, 0.15) is 12.8 Å². The molecule has 0 saturated carbocycles. The molecule has 0 atom stereocenters. The van der Waals surface area contributed by atoms with Crippen LogP contribution in [0.2, 0.25) is 0 Å². The highest BCUT2D eigenvalue weighted by molar-refractivity contribution is 5.85. The number of aromatic nitrogens is 3. The Morgan fingerprint density at radius 2 is 2.15 bits per heavy atom. The molecule has 2 rings (SSSR count). The van der Waals surface area contributed by atoms with Gasteiger partial charge in [-0.3, -0.25) is 4.68 Å². The highest BCUT2D eigenvalue weighted by Gasteiger charge is 2.13. The van der Waals surface area contributed by atoms with E-state index >= 15 is 0 Å².